The van der Waals surface area contributed by atoms with Crippen molar-refractivity contribution in [2.24, 2.45) is 0 Å². The molecular formula is C18H9N3O2STe. The Bertz CT molecular complexity index is 1170. The van der Waals surface area contributed by atoms with E-state index in [0.29, 0.717) is 16.7 Å². The molecule has 5 rings (SSSR count). The predicted octanol–water partition coefficient (Wildman–Crippen LogP) is 3.00. The fourth-order valence-corrected chi connectivity index (χ4v) is 6.38. The summed E-state index contributed by atoms with van der Waals surface area (Å²) in [5.74, 6) is -0.305. The van der Waals surface area contributed by atoms with Crippen molar-refractivity contribution < 1.29 is 9.59 Å². The summed E-state index contributed by atoms with van der Waals surface area (Å²) < 4.78 is 4.28. The number of carbonyl (C=O) groups excluding carboxylic acids is 2. The van der Waals surface area contributed by atoms with Crippen molar-refractivity contribution in [2.75, 3.05) is 0 Å². The third kappa shape index (κ3) is 2.28. The second kappa shape index (κ2) is 5.60. The summed E-state index contributed by atoms with van der Waals surface area (Å²) in [6, 6.07) is 5.98. The maximum absolute atomic E-state index is 12.4. The van der Waals surface area contributed by atoms with Crippen LogP contribution in [0.1, 0.15) is 24.3 Å². The molecule has 0 aromatic carbocycles. The Morgan fingerprint density at radius 1 is 1.00 bits per heavy atom. The third-order valence-corrected chi connectivity index (χ3v) is 7.78. The first-order valence-electron chi connectivity index (χ1n) is 7.48. The molecule has 0 bridgehead atoms. The second-order valence-electron chi connectivity index (χ2n) is 5.54. The number of fused-ring (bicyclic) bond motifs is 2. The fourth-order valence-electron chi connectivity index (χ4n) is 2.90. The zero-order valence-corrected chi connectivity index (χ0v) is 15.8. The first kappa shape index (κ1) is 15.0. The van der Waals surface area contributed by atoms with Gasteiger partial charge < -0.3 is 0 Å². The number of rotatable bonds is 2. The fraction of sp³-hybridized carbons (Fsp3) is 0. The monoisotopic (exact) mass is 461 g/mol. The molecule has 0 amide bonds. The Hall–Kier alpha value is -2.33. The molecule has 0 spiro atoms. The summed E-state index contributed by atoms with van der Waals surface area (Å²) in [6.45, 7) is 0. The van der Waals surface area contributed by atoms with Crippen LogP contribution in [0.4, 0.5) is 0 Å². The van der Waals surface area contributed by atoms with Gasteiger partial charge in [-0.2, -0.15) is 0 Å². The number of ketones is 2. The molecule has 5 nitrogen and oxygen atoms in total. The molecule has 4 heterocycles. The summed E-state index contributed by atoms with van der Waals surface area (Å²) in [7, 11) is 0. The maximum atomic E-state index is 12.4. The van der Waals surface area contributed by atoms with E-state index in [9.17, 15) is 9.59 Å². The minimum atomic E-state index is -0.703. The number of nitrogens with zero attached hydrogens (tertiary/aromatic N) is 3. The van der Waals surface area contributed by atoms with E-state index in [4.69, 9.17) is 0 Å². The van der Waals surface area contributed by atoms with Crippen LogP contribution in [-0.2, 0) is 0 Å². The topological polar surface area (TPSA) is 64.8 Å². The van der Waals surface area contributed by atoms with Gasteiger partial charge in [-0.05, 0) is 0 Å². The van der Waals surface area contributed by atoms with Crippen LogP contribution in [0, 0.1) is 0 Å². The van der Waals surface area contributed by atoms with Crippen molar-refractivity contribution in [3.63, 3.8) is 0 Å². The van der Waals surface area contributed by atoms with Gasteiger partial charge in [0.2, 0.25) is 0 Å². The van der Waals surface area contributed by atoms with E-state index >= 15 is 0 Å². The third-order valence-electron chi connectivity index (χ3n) is 4.09. The Morgan fingerprint density at radius 3 is 2.56 bits per heavy atom. The molecule has 0 fully saturated rings. The normalized spacial score (nSPS) is 13.7. The summed E-state index contributed by atoms with van der Waals surface area (Å²) >= 11 is 0.689. The van der Waals surface area contributed by atoms with Crippen LogP contribution in [0.5, 0.6) is 0 Å². The van der Waals surface area contributed by atoms with Gasteiger partial charge in [0.1, 0.15) is 0 Å². The number of Topliss-reactive ketones (excluding diaryl/α,β-unsaturated/α-hetero) is 2. The van der Waals surface area contributed by atoms with Crippen LogP contribution < -0.4 is 0 Å². The molecule has 0 N–H and O–H groups in total. The van der Waals surface area contributed by atoms with Gasteiger partial charge >= 0.3 is 156 Å². The predicted molar refractivity (Wildman–Crippen MR) is 96.8 cm³/mol. The van der Waals surface area contributed by atoms with Gasteiger partial charge in [-0.3, -0.25) is 0 Å². The van der Waals surface area contributed by atoms with Crippen LogP contribution in [0.25, 0.3) is 20.9 Å². The molecule has 1 aliphatic carbocycles. The van der Waals surface area contributed by atoms with Gasteiger partial charge in [0, 0.05) is 0 Å². The summed E-state index contributed by atoms with van der Waals surface area (Å²) in [6.07, 6.45) is 7.10. The molecule has 120 valence electrons. The quantitative estimate of drug-likeness (QED) is 0.263. The van der Waals surface area contributed by atoms with E-state index in [2.05, 4.69) is 9.97 Å². The summed E-state index contributed by atoms with van der Waals surface area (Å²) in [5.41, 5.74) is 3.06. The van der Waals surface area contributed by atoms with Crippen molar-refractivity contribution in [3.8, 4) is 3.70 Å². The Kier molecular flexibility index (Phi) is 3.35. The van der Waals surface area contributed by atoms with Crippen molar-refractivity contribution in [2.45, 2.75) is 0 Å². The molecule has 4 aromatic heterocycles. The summed E-state index contributed by atoms with van der Waals surface area (Å²) in [4.78, 5) is 33.5. The average Bonchev–Trinajstić information content (AvgIpc) is 3.38. The van der Waals surface area contributed by atoms with E-state index in [1.165, 1.54) is 15.0 Å². The van der Waals surface area contributed by atoms with E-state index in [0.717, 1.165) is 14.7 Å². The van der Waals surface area contributed by atoms with Gasteiger partial charge in [0.15, 0.2) is 0 Å². The van der Waals surface area contributed by atoms with Crippen LogP contribution in [0.15, 0.2) is 53.1 Å². The number of carbonyl (C=O) groups is 2. The molecule has 1 aliphatic rings. The van der Waals surface area contributed by atoms with Crippen molar-refractivity contribution in [1.82, 2.24) is 14.5 Å². The minimum absolute atomic E-state index is 0.152. The SMILES string of the molecule is O=C1C(=Cc2ccc(-n3ccc4nccnc43)[te]2)C(=O)c2cscc21. The van der Waals surface area contributed by atoms with Crippen molar-refractivity contribution in [3.05, 3.63) is 67.8 Å². The molecule has 0 saturated heterocycles. The molecular weight excluding hydrogens is 450 g/mol. The molecule has 0 atom stereocenters. The van der Waals surface area contributed by atoms with E-state index < -0.39 is 20.4 Å². The van der Waals surface area contributed by atoms with Crippen LogP contribution in [0.2, 0.25) is 0 Å². The Balaban J connectivity index is 1.55. The summed E-state index contributed by atoms with van der Waals surface area (Å²) in [5, 5.41) is 3.51. The van der Waals surface area contributed by atoms with Gasteiger partial charge in [0.05, 0.1) is 0 Å². The van der Waals surface area contributed by atoms with Gasteiger partial charge in [-0.1, -0.05) is 0 Å². The molecule has 25 heavy (non-hydrogen) atoms. The molecule has 4 aromatic rings. The van der Waals surface area contributed by atoms with Crippen molar-refractivity contribution >= 4 is 60.6 Å². The number of hydrogen-bond donors (Lipinski definition) is 0. The first-order chi connectivity index (χ1) is 12.2. The van der Waals surface area contributed by atoms with Crippen LogP contribution in [-0.4, -0.2) is 46.5 Å². The van der Waals surface area contributed by atoms with E-state index in [1.807, 2.05) is 29.0 Å². The zero-order chi connectivity index (χ0) is 17.0. The van der Waals surface area contributed by atoms with Gasteiger partial charge in [-0.15, -0.1) is 0 Å². The molecule has 0 aliphatic heterocycles. The molecule has 7 heteroatoms. The van der Waals surface area contributed by atoms with Crippen LogP contribution >= 0.6 is 11.3 Å². The number of hydrogen-bond acceptors (Lipinski definition) is 5. The Labute approximate surface area is 155 Å². The standard InChI is InChI=1S/C18H9N3O2STe/c22-16-11(17(23)13-9-24-8-12(13)16)7-10-1-2-15(25-10)21-6-3-14-18(21)20-5-4-19-14/h1-9H. The van der Waals surface area contributed by atoms with Crippen LogP contribution in [0.3, 0.4) is 0 Å². The number of thiophene rings is 1. The van der Waals surface area contributed by atoms with E-state index in [-0.39, 0.29) is 11.6 Å². The number of aromatic nitrogens is 3. The first-order valence-corrected chi connectivity index (χ1v) is 10.8. The zero-order valence-electron chi connectivity index (χ0n) is 12.7. The molecule has 0 unspecified atom stereocenters. The second-order valence-corrected chi connectivity index (χ2v) is 9.41. The average molecular weight is 459 g/mol. The van der Waals surface area contributed by atoms with E-state index in [1.54, 1.807) is 29.2 Å². The van der Waals surface area contributed by atoms with Gasteiger partial charge in [0.25, 0.3) is 0 Å². The molecule has 0 radical (unpaired) electrons. The molecule has 0 saturated carbocycles. The van der Waals surface area contributed by atoms with Gasteiger partial charge in [-0.25, -0.2) is 0 Å². The Morgan fingerprint density at radius 2 is 1.76 bits per heavy atom. The number of allylic oxidation sites excluding steroid dienone is 1. The van der Waals surface area contributed by atoms with Crippen molar-refractivity contribution in [1.29, 1.82) is 0 Å².